The van der Waals surface area contributed by atoms with Crippen molar-refractivity contribution < 1.29 is 23.9 Å². The van der Waals surface area contributed by atoms with Crippen molar-refractivity contribution in [1.82, 2.24) is 5.32 Å². The molecule has 0 heterocycles. The quantitative estimate of drug-likeness (QED) is 0.768. The molecular weight excluding hydrogens is 252 g/mol. The maximum Gasteiger partial charge on any atom is 0.337 e. The first-order chi connectivity index (χ1) is 8.93. The van der Waals surface area contributed by atoms with Crippen LogP contribution in [0.4, 0.5) is 4.79 Å². The van der Waals surface area contributed by atoms with E-state index in [9.17, 15) is 14.4 Å². The molecule has 0 aliphatic heterocycles. The summed E-state index contributed by atoms with van der Waals surface area (Å²) in [5.41, 5.74) is 5.18. The van der Waals surface area contributed by atoms with Crippen molar-refractivity contribution in [2.45, 2.75) is 13.0 Å². The van der Waals surface area contributed by atoms with E-state index in [-0.39, 0.29) is 0 Å². The summed E-state index contributed by atoms with van der Waals surface area (Å²) in [6, 6.07) is 5.09. The Balaban J connectivity index is 2.65. The number of hydrogen-bond acceptors (Lipinski definition) is 5. The largest absolute Gasteiger partial charge is 0.481 e. The lowest BCUT2D eigenvalue weighted by Gasteiger charge is -2.13. The average molecular weight is 266 g/mol. The SMILES string of the molecule is COC(=O)c1ccc(OC(C)C(=O)NC(N)=O)cc1. The summed E-state index contributed by atoms with van der Waals surface area (Å²) in [6.07, 6.45) is -0.892. The molecule has 0 bridgehead atoms. The Morgan fingerprint density at radius 2 is 1.79 bits per heavy atom. The number of methoxy groups -OCH3 is 1. The molecule has 3 amide bonds. The van der Waals surface area contributed by atoms with Gasteiger partial charge in [0, 0.05) is 0 Å². The minimum atomic E-state index is -0.943. The first kappa shape index (κ1) is 14.5. The second-order valence-corrected chi connectivity index (χ2v) is 3.63. The van der Waals surface area contributed by atoms with Gasteiger partial charge in [0.25, 0.3) is 5.91 Å². The van der Waals surface area contributed by atoms with Crippen LogP contribution in [0, 0.1) is 0 Å². The van der Waals surface area contributed by atoms with Gasteiger partial charge in [0.15, 0.2) is 6.10 Å². The number of urea groups is 1. The molecule has 1 aromatic carbocycles. The van der Waals surface area contributed by atoms with E-state index in [0.29, 0.717) is 11.3 Å². The highest BCUT2D eigenvalue weighted by molar-refractivity contribution is 5.95. The fraction of sp³-hybridized carbons (Fsp3) is 0.250. The Bertz CT molecular complexity index is 483. The normalized spacial score (nSPS) is 11.3. The standard InChI is InChI=1S/C12H14N2O5/c1-7(10(15)14-12(13)17)19-9-5-3-8(4-6-9)11(16)18-2/h3-7H,1-2H3,(H3,13,14,15,17). The van der Waals surface area contributed by atoms with E-state index >= 15 is 0 Å². The van der Waals surface area contributed by atoms with Crippen LogP contribution in [-0.4, -0.2) is 31.1 Å². The molecule has 0 fully saturated rings. The number of benzene rings is 1. The molecule has 0 spiro atoms. The van der Waals surface area contributed by atoms with Crippen LogP contribution in [0.5, 0.6) is 5.75 Å². The van der Waals surface area contributed by atoms with Gasteiger partial charge in [-0.25, -0.2) is 9.59 Å². The monoisotopic (exact) mass is 266 g/mol. The molecule has 102 valence electrons. The molecule has 0 radical (unpaired) electrons. The Morgan fingerprint density at radius 1 is 1.21 bits per heavy atom. The van der Waals surface area contributed by atoms with Crippen molar-refractivity contribution in [2.75, 3.05) is 7.11 Å². The van der Waals surface area contributed by atoms with Gasteiger partial charge in [0.05, 0.1) is 12.7 Å². The van der Waals surface area contributed by atoms with E-state index in [1.54, 1.807) is 0 Å². The lowest BCUT2D eigenvalue weighted by Crippen LogP contribution is -2.42. The topological polar surface area (TPSA) is 108 Å². The third-order valence-electron chi connectivity index (χ3n) is 2.20. The van der Waals surface area contributed by atoms with Crippen LogP contribution in [0.2, 0.25) is 0 Å². The zero-order valence-corrected chi connectivity index (χ0v) is 10.5. The molecule has 0 aromatic heterocycles. The van der Waals surface area contributed by atoms with Crippen LogP contribution >= 0.6 is 0 Å². The van der Waals surface area contributed by atoms with E-state index in [1.807, 2.05) is 5.32 Å². The van der Waals surface area contributed by atoms with Gasteiger partial charge in [0.1, 0.15) is 5.75 Å². The second kappa shape index (κ2) is 6.39. The summed E-state index contributed by atoms with van der Waals surface area (Å²) < 4.78 is 9.82. The second-order valence-electron chi connectivity index (χ2n) is 3.63. The van der Waals surface area contributed by atoms with Crippen molar-refractivity contribution in [1.29, 1.82) is 0 Å². The maximum absolute atomic E-state index is 11.4. The zero-order chi connectivity index (χ0) is 14.4. The Labute approximate surface area is 109 Å². The average Bonchev–Trinajstić information content (AvgIpc) is 2.37. The minimum Gasteiger partial charge on any atom is -0.481 e. The van der Waals surface area contributed by atoms with Gasteiger partial charge in [-0.2, -0.15) is 0 Å². The number of primary amides is 1. The lowest BCUT2D eigenvalue weighted by atomic mass is 10.2. The van der Waals surface area contributed by atoms with Gasteiger partial charge < -0.3 is 15.2 Å². The number of esters is 1. The molecule has 7 heteroatoms. The van der Waals surface area contributed by atoms with E-state index < -0.39 is 24.0 Å². The molecule has 0 aliphatic rings. The maximum atomic E-state index is 11.4. The highest BCUT2D eigenvalue weighted by atomic mass is 16.5. The Hall–Kier alpha value is -2.57. The number of carbonyl (C=O) groups is 3. The number of ether oxygens (including phenoxy) is 2. The highest BCUT2D eigenvalue weighted by Gasteiger charge is 2.16. The summed E-state index contributed by atoms with van der Waals surface area (Å²) in [5, 5.41) is 1.90. The zero-order valence-electron chi connectivity index (χ0n) is 10.5. The fourth-order valence-electron chi connectivity index (χ4n) is 1.27. The predicted octanol–water partition coefficient (Wildman–Crippen LogP) is 0.435. The van der Waals surface area contributed by atoms with Gasteiger partial charge in [-0.1, -0.05) is 0 Å². The van der Waals surface area contributed by atoms with E-state index in [0.717, 1.165) is 0 Å². The first-order valence-electron chi connectivity index (χ1n) is 5.39. The molecule has 7 nitrogen and oxygen atoms in total. The van der Waals surface area contributed by atoms with Crippen LogP contribution in [-0.2, 0) is 9.53 Å². The molecular formula is C12H14N2O5. The predicted molar refractivity (Wildman–Crippen MR) is 65.6 cm³/mol. The van der Waals surface area contributed by atoms with Crippen LogP contribution in [0.25, 0.3) is 0 Å². The number of nitrogens with one attached hydrogen (secondary N) is 1. The first-order valence-corrected chi connectivity index (χ1v) is 5.39. The number of amides is 3. The number of imide groups is 1. The summed E-state index contributed by atoms with van der Waals surface area (Å²) in [6.45, 7) is 1.46. The number of rotatable bonds is 4. The van der Waals surface area contributed by atoms with Crippen LogP contribution in [0.15, 0.2) is 24.3 Å². The van der Waals surface area contributed by atoms with E-state index in [1.165, 1.54) is 38.3 Å². The van der Waals surface area contributed by atoms with Crippen molar-refractivity contribution in [2.24, 2.45) is 5.73 Å². The number of carbonyl (C=O) groups excluding carboxylic acids is 3. The minimum absolute atomic E-state index is 0.365. The molecule has 0 aliphatic carbocycles. The van der Waals surface area contributed by atoms with Crippen molar-refractivity contribution in [3.8, 4) is 5.75 Å². The molecule has 1 rings (SSSR count). The van der Waals surface area contributed by atoms with Crippen molar-refractivity contribution in [3.63, 3.8) is 0 Å². The Kier molecular flexibility index (Phi) is 4.87. The number of nitrogens with two attached hydrogens (primary N) is 1. The van der Waals surface area contributed by atoms with Gasteiger partial charge in [-0.05, 0) is 31.2 Å². The van der Waals surface area contributed by atoms with Gasteiger partial charge in [-0.3, -0.25) is 10.1 Å². The number of hydrogen-bond donors (Lipinski definition) is 2. The smallest absolute Gasteiger partial charge is 0.337 e. The lowest BCUT2D eigenvalue weighted by molar-refractivity contribution is -0.126. The fourth-order valence-corrected chi connectivity index (χ4v) is 1.27. The molecule has 1 atom stereocenters. The third-order valence-corrected chi connectivity index (χ3v) is 2.20. The Morgan fingerprint density at radius 3 is 2.26 bits per heavy atom. The summed E-state index contributed by atoms with van der Waals surface area (Å²) in [4.78, 5) is 33.1. The molecule has 19 heavy (non-hydrogen) atoms. The molecule has 1 aromatic rings. The summed E-state index contributed by atoms with van der Waals surface area (Å²) >= 11 is 0. The summed E-state index contributed by atoms with van der Waals surface area (Å²) in [5.74, 6) is -0.740. The van der Waals surface area contributed by atoms with Gasteiger partial charge in [0.2, 0.25) is 0 Å². The molecule has 0 saturated heterocycles. The van der Waals surface area contributed by atoms with Crippen molar-refractivity contribution >= 4 is 17.9 Å². The van der Waals surface area contributed by atoms with E-state index in [4.69, 9.17) is 10.5 Å². The van der Waals surface area contributed by atoms with E-state index in [2.05, 4.69) is 4.74 Å². The molecule has 0 saturated carbocycles. The van der Waals surface area contributed by atoms with Crippen LogP contribution in [0.3, 0.4) is 0 Å². The van der Waals surface area contributed by atoms with Crippen LogP contribution < -0.4 is 15.8 Å². The summed E-state index contributed by atoms with van der Waals surface area (Å²) in [7, 11) is 1.28. The molecule has 1 unspecified atom stereocenters. The third kappa shape index (κ3) is 4.30. The van der Waals surface area contributed by atoms with Crippen molar-refractivity contribution in [3.05, 3.63) is 29.8 Å². The highest BCUT2D eigenvalue weighted by Crippen LogP contribution is 2.14. The van der Waals surface area contributed by atoms with Crippen LogP contribution in [0.1, 0.15) is 17.3 Å². The van der Waals surface area contributed by atoms with Gasteiger partial charge >= 0.3 is 12.0 Å². The van der Waals surface area contributed by atoms with Gasteiger partial charge in [-0.15, -0.1) is 0 Å². The molecule has 3 N–H and O–H groups in total.